The van der Waals surface area contributed by atoms with Gasteiger partial charge in [-0.15, -0.1) is 0 Å². The van der Waals surface area contributed by atoms with Crippen LogP contribution >= 0.6 is 0 Å². The molecule has 0 aliphatic carbocycles. The van der Waals surface area contributed by atoms with Crippen LogP contribution in [-0.2, 0) is 24.3 Å². The molecule has 1 saturated heterocycles. The minimum atomic E-state index is 0.0600. The molecule has 2 aromatic carbocycles. The van der Waals surface area contributed by atoms with E-state index in [2.05, 4.69) is 48.3 Å². The summed E-state index contributed by atoms with van der Waals surface area (Å²) < 4.78 is 10.6. The van der Waals surface area contributed by atoms with Crippen LogP contribution in [0, 0.1) is 11.8 Å². The third kappa shape index (κ3) is 6.73. The summed E-state index contributed by atoms with van der Waals surface area (Å²) in [4.78, 5) is 15.0. The summed E-state index contributed by atoms with van der Waals surface area (Å²) in [5.41, 5.74) is 3.57. The lowest BCUT2D eigenvalue weighted by Crippen LogP contribution is -2.38. The third-order valence-corrected chi connectivity index (χ3v) is 6.02. The fraction of sp³-hybridized carbons (Fsp3) is 0.500. The molecule has 168 valence electrons. The number of nitrogens with one attached hydrogen (secondary N) is 1. The van der Waals surface area contributed by atoms with E-state index in [1.54, 1.807) is 14.2 Å². The van der Waals surface area contributed by atoms with Crippen LogP contribution in [0.25, 0.3) is 0 Å². The monoisotopic (exact) mass is 424 g/mol. The van der Waals surface area contributed by atoms with Crippen LogP contribution in [0.4, 0.5) is 0 Å². The number of carbonyl (C=O) groups is 1. The zero-order valence-corrected chi connectivity index (χ0v) is 19.3. The zero-order valence-electron chi connectivity index (χ0n) is 19.3. The molecule has 3 rings (SSSR count). The molecule has 0 saturated carbocycles. The van der Waals surface area contributed by atoms with Gasteiger partial charge in [0.1, 0.15) is 0 Å². The van der Waals surface area contributed by atoms with Crippen molar-refractivity contribution in [3.05, 3.63) is 59.2 Å². The first-order valence-electron chi connectivity index (χ1n) is 11.2. The van der Waals surface area contributed by atoms with E-state index in [1.807, 2.05) is 18.2 Å². The lowest BCUT2D eigenvalue weighted by atomic mass is 9.91. The van der Waals surface area contributed by atoms with Crippen LogP contribution in [-0.4, -0.2) is 38.1 Å². The van der Waals surface area contributed by atoms with Gasteiger partial charge < -0.3 is 14.8 Å². The molecule has 0 spiro atoms. The number of nitrogens with zero attached hydrogens (tertiary/aromatic N) is 1. The first-order valence-corrected chi connectivity index (χ1v) is 11.2. The van der Waals surface area contributed by atoms with Crippen molar-refractivity contribution < 1.29 is 14.3 Å². The maximum Gasteiger partial charge on any atom is 0.220 e. The molecule has 5 nitrogen and oxygen atoms in total. The Morgan fingerprint density at radius 1 is 1.00 bits per heavy atom. The van der Waals surface area contributed by atoms with Gasteiger partial charge >= 0.3 is 0 Å². The van der Waals surface area contributed by atoms with Crippen LogP contribution in [0.5, 0.6) is 11.5 Å². The fourth-order valence-electron chi connectivity index (χ4n) is 4.62. The molecule has 0 aromatic heterocycles. The molecule has 2 aromatic rings. The van der Waals surface area contributed by atoms with E-state index < -0.39 is 0 Å². The molecule has 1 amide bonds. The van der Waals surface area contributed by atoms with Crippen molar-refractivity contribution in [3.8, 4) is 11.5 Å². The molecule has 1 N–H and O–H groups in total. The van der Waals surface area contributed by atoms with Gasteiger partial charge in [0.25, 0.3) is 0 Å². The highest BCUT2D eigenvalue weighted by Gasteiger charge is 2.22. The van der Waals surface area contributed by atoms with Crippen molar-refractivity contribution in [2.24, 2.45) is 11.8 Å². The van der Waals surface area contributed by atoms with Gasteiger partial charge in [-0.3, -0.25) is 9.69 Å². The number of benzene rings is 2. The van der Waals surface area contributed by atoms with E-state index >= 15 is 0 Å². The van der Waals surface area contributed by atoms with Crippen molar-refractivity contribution in [2.75, 3.05) is 27.3 Å². The number of amides is 1. The number of hydrogen-bond acceptors (Lipinski definition) is 4. The lowest BCUT2D eigenvalue weighted by Gasteiger charge is -2.35. The van der Waals surface area contributed by atoms with E-state index in [-0.39, 0.29) is 5.91 Å². The standard InChI is InChI=1S/C26H36N2O3/c1-19-13-20(2)17-28(16-19)18-23-8-6-5-7-22(23)15-27-26(29)12-10-21-9-11-24(30-3)25(14-21)31-4/h5-9,11,14,19-20H,10,12-13,15-18H2,1-4H3,(H,27,29). The van der Waals surface area contributed by atoms with E-state index in [0.717, 1.165) is 37.0 Å². The lowest BCUT2D eigenvalue weighted by molar-refractivity contribution is -0.121. The summed E-state index contributed by atoms with van der Waals surface area (Å²) in [6, 6.07) is 14.2. The smallest absolute Gasteiger partial charge is 0.220 e. The van der Waals surface area contributed by atoms with Crippen molar-refractivity contribution in [1.82, 2.24) is 10.2 Å². The molecule has 1 heterocycles. The van der Waals surface area contributed by atoms with Gasteiger partial charge in [-0.1, -0.05) is 44.2 Å². The van der Waals surface area contributed by atoms with Crippen molar-refractivity contribution in [1.29, 1.82) is 0 Å². The van der Waals surface area contributed by atoms with Gasteiger partial charge in [0, 0.05) is 32.6 Å². The highest BCUT2D eigenvalue weighted by molar-refractivity contribution is 5.76. The number of likely N-dealkylation sites (tertiary alicyclic amines) is 1. The van der Waals surface area contributed by atoms with Crippen molar-refractivity contribution >= 4 is 5.91 Å². The molecule has 2 unspecified atom stereocenters. The number of carbonyl (C=O) groups excluding carboxylic acids is 1. The predicted molar refractivity (Wildman–Crippen MR) is 124 cm³/mol. The van der Waals surface area contributed by atoms with Gasteiger partial charge in [-0.2, -0.15) is 0 Å². The second-order valence-electron chi connectivity index (χ2n) is 8.87. The summed E-state index contributed by atoms with van der Waals surface area (Å²) in [7, 11) is 3.24. The maximum atomic E-state index is 12.5. The molecule has 0 radical (unpaired) electrons. The van der Waals surface area contributed by atoms with Gasteiger partial charge in [-0.05, 0) is 53.5 Å². The van der Waals surface area contributed by atoms with Crippen molar-refractivity contribution in [3.63, 3.8) is 0 Å². The maximum absolute atomic E-state index is 12.5. The molecule has 1 aliphatic heterocycles. The molecular weight excluding hydrogens is 388 g/mol. The Morgan fingerprint density at radius 3 is 2.35 bits per heavy atom. The Bertz CT molecular complexity index is 857. The molecular formula is C26H36N2O3. The Hall–Kier alpha value is -2.53. The Balaban J connectivity index is 1.52. The summed E-state index contributed by atoms with van der Waals surface area (Å²) in [6.07, 6.45) is 2.42. The zero-order chi connectivity index (χ0) is 22.2. The van der Waals surface area contributed by atoms with Gasteiger partial charge in [0.05, 0.1) is 14.2 Å². The summed E-state index contributed by atoms with van der Waals surface area (Å²) in [6.45, 7) is 8.50. The second kappa shape index (κ2) is 11.2. The molecule has 5 heteroatoms. The topological polar surface area (TPSA) is 50.8 Å². The van der Waals surface area contributed by atoms with E-state index in [9.17, 15) is 4.79 Å². The first-order chi connectivity index (χ1) is 15.0. The van der Waals surface area contributed by atoms with E-state index in [0.29, 0.717) is 30.9 Å². The van der Waals surface area contributed by atoms with Crippen LogP contribution in [0.3, 0.4) is 0 Å². The summed E-state index contributed by atoms with van der Waals surface area (Å²) in [5, 5.41) is 3.10. The number of piperidine rings is 1. The second-order valence-corrected chi connectivity index (χ2v) is 8.87. The SMILES string of the molecule is COc1ccc(CCC(=O)NCc2ccccc2CN2CC(C)CC(C)C2)cc1OC. The normalized spacial score (nSPS) is 19.1. The average Bonchev–Trinajstić information content (AvgIpc) is 2.76. The van der Waals surface area contributed by atoms with Crippen LogP contribution in [0.15, 0.2) is 42.5 Å². The molecule has 1 fully saturated rings. The van der Waals surface area contributed by atoms with Crippen LogP contribution in [0.2, 0.25) is 0 Å². The molecule has 31 heavy (non-hydrogen) atoms. The fourth-order valence-corrected chi connectivity index (χ4v) is 4.62. The highest BCUT2D eigenvalue weighted by atomic mass is 16.5. The molecule has 0 bridgehead atoms. The first kappa shape index (κ1) is 23.1. The Morgan fingerprint density at radius 2 is 1.68 bits per heavy atom. The average molecular weight is 425 g/mol. The molecule has 2 atom stereocenters. The molecule has 1 aliphatic rings. The number of rotatable bonds is 9. The highest BCUT2D eigenvalue weighted by Crippen LogP contribution is 2.28. The van der Waals surface area contributed by atoms with Crippen LogP contribution < -0.4 is 14.8 Å². The quantitative estimate of drug-likeness (QED) is 0.647. The predicted octanol–water partition coefficient (Wildman–Crippen LogP) is 4.43. The number of methoxy groups -OCH3 is 2. The number of aryl methyl sites for hydroxylation is 1. The minimum absolute atomic E-state index is 0.0600. The Labute approximate surface area is 186 Å². The van der Waals surface area contributed by atoms with Gasteiger partial charge in [-0.25, -0.2) is 0 Å². The Kier molecular flexibility index (Phi) is 8.35. The third-order valence-electron chi connectivity index (χ3n) is 6.02. The minimum Gasteiger partial charge on any atom is -0.493 e. The number of hydrogen-bond donors (Lipinski definition) is 1. The van der Waals surface area contributed by atoms with Crippen molar-refractivity contribution in [2.45, 2.75) is 46.2 Å². The van der Waals surface area contributed by atoms with E-state index in [1.165, 1.54) is 17.5 Å². The van der Waals surface area contributed by atoms with Crippen LogP contribution in [0.1, 0.15) is 43.4 Å². The van der Waals surface area contributed by atoms with E-state index in [4.69, 9.17) is 9.47 Å². The largest absolute Gasteiger partial charge is 0.493 e. The van der Waals surface area contributed by atoms with Gasteiger partial charge in [0.2, 0.25) is 5.91 Å². The summed E-state index contributed by atoms with van der Waals surface area (Å²) >= 11 is 0. The summed E-state index contributed by atoms with van der Waals surface area (Å²) in [5.74, 6) is 2.93. The van der Waals surface area contributed by atoms with Gasteiger partial charge in [0.15, 0.2) is 11.5 Å². The number of ether oxygens (including phenoxy) is 2.